The van der Waals surface area contributed by atoms with Gasteiger partial charge < -0.3 is 4.57 Å². The predicted octanol–water partition coefficient (Wildman–Crippen LogP) is 1.67. The van der Waals surface area contributed by atoms with Crippen LogP contribution in [0.4, 0.5) is 0 Å². The zero-order chi connectivity index (χ0) is 15.5. The SMILES string of the molecule is CCCCn1ccnc1[C@H]1CCCN(S(=O)(=O)N(C)C)C1. The summed E-state index contributed by atoms with van der Waals surface area (Å²) >= 11 is 0. The highest BCUT2D eigenvalue weighted by molar-refractivity contribution is 7.86. The predicted molar refractivity (Wildman–Crippen MR) is 83.3 cm³/mol. The largest absolute Gasteiger partial charge is 0.335 e. The first-order chi connectivity index (χ1) is 9.96. The summed E-state index contributed by atoms with van der Waals surface area (Å²) in [5.41, 5.74) is 0. The Morgan fingerprint density at radius 1 is 1.43 bits per heavy atom. The molecule has 1 aromatic heterocycles. The molecule has 1 aliphatic heterocycles. The smallest absolute Gasteiger partial charge is 0.281 e. The molecule has 1 saturated heterocycles. The second kappa shape index (κ2) is 6.89. The minimum atomic E-state index is -3.32. The van der Waals surface area contributed by atoms with Crippen LogP contribution in [-0.4, -0.2) is 53.8 Å². The molecule has 1 atom stereocenters. The second-order valence-corrected chi connectivity index (χ2v) is 7.96. The van der Waals surface area contributed by atoms with E-state index in [-0.39, 0.29) is 5.92 Å². The fourth-order valence-corrected chi connectivity index (χ4v) is 3.98. The number of aromatic nitrogens is 2. The summed E-state index contributed by atoms with van der Waals surface area (Å²) in [7, 11) is -0.155. The van der Waals surface area contributed by atoms with Crippen molar-refractivity contribution < 1.29 is 8.42 Å². The molecule has 1 aliphatic rings. The average molecular weight is 314 g/mol. The average Bonchev–Trinajstić information content (AvgIpc) is 2.93. The van der Waals surface area contributed by atoms with Gasteiger partial charge in [-0.15, -0.1) is 0 Å². The van der Waals surface area contributed by atoms with Crippen LogP contribution < -0.4 is 0 Å². The molecule has 0 bridgehead atoms. The van der Waals surface area contributed by atoms with Gasteiger partial charge in [-0.3, -0.25) is 0 Å². The van der Waals surface area contributed by atoms with Gasteiger partial charge in [0.15, 0.2) is 0 Å². The van der Waals surface area contributed by atoms with E-state index in [0.29, 0.717) is 13.1 Å². The Bertz CT molecular complexity index is 553. The van der Waals surface area contributed by atoms with Crippen LogP contribution in [0.15, 0.2) is 12.4 Å². The van der Waals surface area contributed by atoms with Crippen LogP contribution in [0.3, 0.4) is 0 Å². The van der Waals surface area contributed by atoms with Crippen molar-refractivity contribution in [2.75, 3.05) is 27.2 Å². The van der Waals surface area contributed by atoms with Gasteiger partial charge in [-0.05, 0) is 19.3 Å². The van der Waals surface area contributed by atoms with E-state index >= 15 is 0 Å². The molecule has 2 heterocycles. The van der Waals surface area contributed by atoms with Crippen molar-refractivity contribution in [3.05, 3.63) is 18.2 Å². The van der Waals surface area contributed by atoms with Crippen molar-refractivity contribution >= 4 is 10.2 Å². The molecule has 0 amide bonds. The topological polar surface area (TPSA) is 58.4 Å². The third-order valence-corrected chi connectivity index (χ3v) is 5.94. The van der Waals surface area contributed by atoms with Crippen molar-refractivity contribution in [2.24, 2.45) is 0 Å². The zero-order valence-corrected chi connectivity index (χ0v) is 14.0. The Kier molecular flexibility index (Phi) is 5.40. The first kappa shape index (κ1) is 16.5. The summed E-state index contributed by atoms with van der Waals surface area (Å²) < 4.78 is 29.6. The van der Waals surface area contributed by atoms with Crippen molar-refractivity contribution in [1.29, 1.82) is 0 Å². The van der Waals surface area contributed by atoms with Gasteiger partial charge in [0.1, 0.15) is 5.82 Å². The van der Waals surface area contributed by atoms with E-state index in [1.165, 1.54) is 4.31 Å². The minimum absolute atomic E-state index is 0.195. The van der Waals surface area contributed by atoms with E-state index in [1.54, 1.807) is 18.4 Å². The molecule has 6 nitrogen and oxygen atoms in total. The lowest BCUT2D eigenvalue weighted by atomic mass is 9.99. The summed E-state index contributed by atoms with van der Waals surface area (Å²) in [6, 6.07) is 0. The molecule has 0 unspecified atom stereocenters. The maximum absolute atomic E-state index is 12.3. The third kappa shape index (κ3) is 3.64. The zero-order valence-electron chi connectivity index (χ0n) is 13.2. The number of aryl methyl sites for hydroxylation is 1. The van der Waals surface area contributed by atoms with Crippen LogP contribution in [-0.2, 0) is 16.8 Å². The quantitative estimate of drug-likeness (QED) is 0.802. The Balaban J connectivity index is 2.13. The van der Waals surface area contributed by atoms with Gasteiger partial charge in [-0.25, -0.2) is 4.98 Å². The van der Waals surface area contributed by atoms with E-state index in [4.69, 9.17) is 0 Å². The maximum Gasteiger partial charge on any atom is 0.281 e. The van der Waals surface area contributed by atoms with Gasteiger partial charge in [0, 0.05) is 52.0 Å². The second-order valence-electron chi connectivity index (χ2n) is 5.82. The molecule has 21 heavy (non-hydrogen) atoms. The van der Waals surface area contributed by atoms with Gasteiger partial charge in [0.25, 0.3) is 10.2 Å². The van der Waals surface area contributed by atoms with Crippen molar-refractivity contribution in [1.82, 2.24) is 18.2 Å². The molecule has 0 saturated carbocycles. The van der Waals surface area contributed by atoms with Crippen LogP contribution in [0.2, 0.25) is 0 Å². The molecule has 0 N–H and O–H groups in total. The first-order valence-corrected chi connectivity index (χ1v) is 9.05. The van der Waals surface area contributed by atoms with Crippen molar-refractivity contribution in [3.63, 3.8) is 0 Å². The normalized spacial score (nSPS) is 21.0. The van der Waals surface area contributed by atoms with E-state index in [2.05, 4.69) is 16.5 Å². The van der Waals surface area contributed by atoms with Gasteiger partial charge in [0.05, 0.1) is 0 Å². The van der Waals surface area contributed by atoms with E-state index < -0.39 is 10.2 Å². The molecule has 0 spiro atoms. The molecule has 120 valence electrons. The molecular weight excluding hydrogens is 288 g/mol. The Morgan fingerprint density at radius 3 is 2.86 bits per heavy atom. The molecule has 7 heteroatoms. The highest BCUT2D eigenvalue weighted by Gasteiger charge is 2.32. The number of rotatable bonds is 6. The fourth-order valence-electron chi connectivity index (χ4n) is 2.79. The summed E-state index contributed by atoms with van der Waals surface area (Å²) in [6.45, 7) is 4.27. The minimum Gasteiger partial charge on any atom is -0.335 e. The van der Waals surface area contributed by atoms with E-state index in [0.717, 1.165) is 38.1 Å². The van der Waals surface area contributed by atoms with Gasteiger partial charge >= 0.3 is 0 Å². The monoisotopic (exact) mass is 314 g/mol. The first-order valence-electron chi connectivity index (χ1n) is 7.65. The fraction of sp³-hybridized carbons (Fsp3) is 0.786. The van der Waals surface area contributed by atoms with Crippen molar-refractivity contribution in [3.8, 4) is 0 Å². The van der Waals surface area contributed by atoms with Crippen LogP contribution in [0.1, 0.15) is 44.3 Å². The lowest BCUT2D eigenvalue weighted by molar-refractivity contribution is 0.289. The van der Waals surface area contributed by atoms with E-state index in [1.807, 2.05) is 12.4 Å². The van der Waals surface area contributed by atoms with Gasteiger partial charge in [-0.2, -0.15) is 17.0 Å². The van der Waals surface area contributed by atoms with E-state index in [9.17, 15) is 8.42 Å². The Morgan fingerprint density at radius 2 is 2.19 bits per heavy atom. The van der Waals surface area contributed by atoms with Gasteiger partial charge in [0.2, 0.25) is 0 Å². The van der Waals surface area contributed by atoms with Gasteiger partial charge in [-0.1, -0.05) is 13.3 Å². The number of imidazole rings is 1. The van der Waals surface area contributed by atoms with Crippen LogP contribution in [0, 0.1) is 0 Å². The highest BCUT2D eigenvalue weighted by atomic mass is 32.2. The maximum atomic E-state index is 12.3. The summed E-state index contributed by atoms with van der Waals surface area (Å²) in [5.74, 6) is 1.22. The summed E-state index contributed by atoms with van der Waals surface area (Å²) in [5, 5.41) is 0. The lowest BCUT2D eigenvalue weighted by Crippen LogP contribution is -2.45. The number of unbranched alkanes of at least 4 members (excludes halogenated alkanes) is 1. The number of hydrogen-bond acceptors (Lipinski definition) is 3. The molecule has 1 fully saturated rings. The molecule has 0 radical (unpaired) electrons. The molecule has 1 aromatic rings. The van der Waals surface area contributed by atoms with Crippen molar-refractivity contribution in [2.45, 2.75) is 45.1 Å². The molecule has 2 rings (SSSR count). The standard InChI is InChI=1S/C14H26N4O2S/c1-4-5-9-17-11-8-15-14(17)13-7-6-10-18(12-13)21(19,20)16(2)3/h8,11,13H,4-7,9-10,12H2,1-3H3/t13-/m0/s1. The molecule has 0 aliphatic carbocycles. The summed E-state index contributed by atoms with van der Waals surface area (Å²) in [6.07, 6.45) is 7.98. The third-order valence-electron chi connectivity index (χ3n) is 4.04. The van der Waals surface area contributed by atoms with Crippen LogP contribution in [0.25, 0.3) is 0 Å². The van der Waals surface area contributed by atoms with Crippen LogP contribution >= 0.6 is 0 Å². The Hall–Kier alpha value is -0.920. The summed E-state index contributed by atoms with van der Waals surface area (Å²) in [4.78, 5) is 4.48. The number of hydrogen-bond donors (Lipinski definition) is 0. The highest BCUT2D eigenvalue weighted by Crippen LogP contribution is 2.28. The van der Waals surface area contributed by atoms with Crippen LogP contribution in [0.5, 0.6) is 0 Å². The number of piperidine rings is 1. The lowest BCUT2D eigenvalue weighted by Gasteiger charge is -2.33. The Labute approximate surface area is 127 Å². The molecule has 0 aromatic carbocycles. The molecular formula is C14H26N4O2S. The number of nitrogens with zero attached hydrogens (tertiary/aromatic N) is 4.